The molecule has 12 heteroatoms. The second kappa shape index (κ2) is 54.5. The van der Waals surface area contributed by atoms with Crippen molar-refractivity contribution >= 4 is 23.9 Å². The SMILES string of the molecule is CC/C=C\C/C=C\C/C=C\C/C=C\CCC(=O)OC1C(OCC(COC(=O)CCCCCCCCCCC/C=C\CCCCCCCC)OC(=O)CCCCCCCCC/C=C\C/C=C\CCCCC)OC(C(=O)O)C(O)C1O. The zero-order valence-corrected chi connectivity index (χ0v) is 49.8. The summed E-state index contributed by atoms with van der Waals surface area (Å²) in [5.74, 6) is -3.23. The van der Waals surface area contributed by atoms with Gasteiger partial charge in [-0.05, 0) is 103 Å². The van der Waals surface area contributed by atoms with E-state index in [1.165, 1.54) is 109 Å². The minimum atomic E-state index is -1.93. The summed E-state index contributed by atoms with van der Waals surface area (Å²) in [6, 6.07) is 0. The molecule has 1 aliphatic heterocycles. The van der Waals surface area contributed by atoms with E-state index in [0.717, 1.165) is 89.9 Å². The van der Waals surface area contributed by atoms with Crippen molar-refractivity contribution in [3.05, 3.63) is 85.1 Å². The number of carboxylic acid groups (broad SMARTS) is 1. The molecule has 1 rings (SSSR count). The van der Waals surface area contributed by atoms with Crippen molar-refractivity contribution in [1.82, 2.24) is 0 Å². The zero-order valence-electron chi connectivity index (χ0n) is 49.8. The van der Waals surface area contributed by atoms with Gasteiger partial charge < -0.3 is 39.0 Å². The van der Waals surface area contributed by atoms with Gasteiger partial charge in [-0.25, -0.2) is 4.79 Å². The Bertz CT molecular complexity index is 1700. The van der Waals surface area contributed by atoms with Gasteiger partial charge in [-0.15, -0.1) is 0 Å². The van der Waals surface area contributed by atoms with Gasteiger partial charge in [-0.2, -0.15) is 0 Å². The highest BCUT2D eigenvalue weighted by atomic mass is 16.7. The van der Waals surface area contributed by atoms with Crippen molar-refractivity contribution in [2.45, 2.75) is 302 Å². The zero-order chi connectivity index (χ0) is 57.5. The van der Waals surface area contributed by atoms with Crippen LogP contribution in [0.4, 0.5) is 0 Å². The molecule has 0 saturated carbocycles. The van der Waals surface area contributed by atoms with Gasteiger partial charge in [0.2, 0.25) is 0 Å². The Hall–Kier alpha value is -4.10. The van der Waals surface area contributed by atoms with Crippen LogP contribution in [0.5, 0.6) is 0 Å². The fourth-order valence-electron chi connectivity index (χ4n) is 9.11. The number of aliphatic hydroxyl groups excluding tert-OH is 2. The number of carboxylic acids is 1. The highest BCUT2D eigenvalue weighted by Gasteiger charge is 2.50. The monoisotopic (exact) mass is 1110 g/mol. The molecule has 0 aromatic heterocycles. The molecule has 452 valence electrons. The molecule has 0 aromatic carbocycles. The van der Waals surface area contributed by atoms with Gasteiger partial charge >= 0.3 is 23.9 Å². The Balaban J connectivity index is 2.69. The minimum Gasteiger partial charge on any atom is -0.479 e. The van der Waals surface area contributed by atoms with Crippen LogP contribution >= 0.6 is 0 Å². The van der Waals surface area contributed by atoms with Gasteiger partial charge in [0.15, 0.2) is 24.6 Å². The van der Waals surface area contributed by atoms with Gasteiger partial charge in [0, 0.05) is 19.3 Å². The van der Waals surface area contributed by atoms with Crippen molar-refractivity contribution in [2.75, 3.05) is 13.2 Å². The predicted octanol–water partition coefficient (Wildman–Crippen LogP) is 16.7. The molecule has 1 saturated heterocycles. The van der Waals surface area contributed by atoms with E-state index in [1.807, 2.05) is 18.2 Å². The number of hydrogen-bond acceptors (Lipinski definition) is 11. The van der Waals surface area contributed by atoms with Crippen LogP contribution in [0.25, 0.3) is 0 Å². The lowest BCUT2D eigenvalue weighted by Crippen LogP contribution is -2.61. The average Bonchev–Trinajstić information content (AvgIpc) is 3.46. The van der Waals surface area contributed by atoms with E-state index in [0.29, 0.717) is 25.7 Å². The van der Waals surface area contributed by atoms with Crippen molar-refractivity contribution in [3.8, 4) is 0 Å². The first-order valence-corrected chi connectivity index (χ1v) is 31.6. The molecule has 0 bridgehead atoms. The molecule has 1 heterocycles. The van der Waals surface area contributed by atoms with Gasteiger partial charge in [0.1, 0.15) is 18.8 Å². The number of rotatable bonds is 53. The Kier molecular flexibility index (Phi) is 50.3. The molecule has 3 N–H and O–H groups in total. The van der Waals surface area contributed by atoms with Gasteiger partial charge in [-0.1, -0.05) is 228 Å². The lowest BCUT2D eigenvalue weighted by Gasteiger charge is -2.40. The van der Waals surface area contributed by atoms with E-state index in [-0.39, 0.29) is 25.9 Å². The molecule has 12 nitrogen and oxygen atoms in total. The molecule has 0 aliphatic carbocycles. The minimum absolute atomic E-state index is 0.0638. The Morgan fingerprint density at radius 2 is 0.823 bits per heavy atom. The van der Waals surface area contributed by atoms with Crippen LogP contribution in [0.2, 0.25) is 0 Å². The first-order chi connectivity index (χ1) is 38.6. The number of unbranched alkanes of at least 4 members (excludes halogenated alkanes) is 25. The molecule has 6 atom stereocenters. The summed E-state index contributed by atoms with van der Waals surface area (Å²) in [5, 5.41) is 31.5. The van der Waals surface area contributed by atoms with Crippen LogP contribution in [0, 0.1) is 0 Å². The first kappa shape index (κ1) is 72.9. The third kappa shape index (κ3) is 44.3. The second-order valence-corrected chi connectivity index (χ2v) is 21.3. The summed E-state index contributed by atoms with van der Waals surface area (Å²) in [5.41, 5.74) is 0. The molecule has 1 fully saturated rings. The molecule has 79 heavy (non-hydrogen) atoms. The van der Waals surface area contributed by atoms with Crippen LogP contribution in [0.3, 0.4) is 0 Å². The second-order valence-electron chi connectivity index (χ2n) is 21.3. The lowest BCUT2D eigenvalue weighted by molar-refractivity contribution is -0.301. The topological polar surface area (TPSA) is 175 Å². The van der Waals surface area contributed by atoms with Crippen molar-refractivity contribution in [2.24, 2.45) is 0 Å². The predicted molar refractivity (Wildman–Crippen MR) is 321 cm³/mol. The molecule has 1 aliphatic rings. The summed E-state index contributed by atoms with van der Waals surface area (Å²) in [6.45, 7) is 5.82. The van der Waals surface area contributed by atoms with Crippen LogP contribution in [-0.4, -0.2) is 89.2 Å². The Morgan fingerprint density at radius 3 is 1.30 bits per heavy atom. The fourth-order valence-corrected chi connectivity index (χ4v) is 9.11. The van der Waals surface area contributed by atoms with Crippen molar-refractivity contribution in [3.63, 3.8) is 0 Å². The standard InChI is InChI=1S/C67H112O12/c1-4-7-10-13-16-19-22-25-27-29-30-32-33-36-38-41-44-47-50-53-59(68)75-56-58(77-60(69)54-51-48-45-42-40-37-34-31-28-26-23-20-17-14-11-8-5-2)57-76-67-65(63(72)62(71)64(79-67)66(73)74)78-61(70)55-52-49-46-43-39-35-24-21-18-15-12-9-6-3/h9,12,17-18,20-21,25-28,35,39,46,49,58,62-65,67,71-72H,4-8,10-11,13-16,19,22-24,29-34,36-38,40-45,47-48,50-57H2,1-3H3,(H,73,74)/b12-9-,20-17-,21-18-,27-25-,28-26-,39-35-,49-46-. The summed E-state index contributed by atoms with van der Waals surface area (Å²) in [7, 11) is 0. The molecule has 6 unspecified atom stereocenters. The number of ether oxygens (including phenoxy) is 5. The van der Waals surface area contributed by atoms with E-state index in [4.69, 9.17) is 23.7 Å². The lowest BCUT2D eigenvalue weighted by atomic mass is 9.98. The number of esters is 3. The van der Waals surface area contributed by atoms with E-state index in [2.05, 4.69) is 87.6 Å². The van der Waals surface area contributed by atoms with Gasteiger partial charge in [-0.3, -0.25) is 14.4 Å². The maximum Gasteiger partial charge on any atom is 0.335 e. The van der Waals surface area contributed by atoms with Crippen LogP contribution in [0.1, 0.15) is 265 Å². The molecule has 0 spiro atoms. The molecule has 0 amide bonds. The third-order valence-electron chi connectivity index (χ3n) is 13.9. The number of carbonyl (C=O) groups is 4. The van der Waals surface area contributed by atoms with Crippen molar-refractivity contribution in [1.29, 1.82) is 0 Å². The highest BCUT2D eigenvalue weighted by molar-refractivity contribution is 5.74. The number of aliphatic carboxylic acids is 1. The van der Waals surface area contributed by atoms with Crippen molar-refractivity contribution < 1.29 is 58.2 Å². The summed E-state index contributed by atoms with van der Waals surface area (Å²) >= 11 is 0. The first-order valence-electron chi connectivity index (χ1n) is 31.6. The summed E-state index contributed by atoms with van der Waals surface area (Å²) in [6.07, 6.45) is 58.5. The number of hydrogen-bond donors (Lipinski definition) is 3. The van der Waals surface area contributed by atoms with Crippen LogP contribution in [-0.2, 0) is 42.9 Å². The highest BCUT2D eigenvalue weighted by Crippen LogP contribution is 2.26. The average molecular weight is 1110 g/mol. The molecule has 0 radical (unpaired) electrons. The summed E-state index contributed by atoms with van der Waals surface area (Å²) in [4.78, 5) is 51.2. The van der Waals surface area contributed by atoms with E-state index < -0.39 is 67.3 Å². The largest absolute Gasteiger partial charge is 0.479 e. The Morgan fingerprint density at radius 1 is 0.430 bits per heavy atom. The van der Waals surface area contributed by atoms with Gasteiger partial charge in [0.05, 0.1) is 6.61 Å². The Labute approximate surface area is 480 Å². The molecular formula is C67H112O12. The normalized spacial score (nSPS) is 18.4. The molecule has 0 aromatic rings. The van der Waals surface area contributed by atoms with Crippen LogP contribution < -0.4 is 0 Å². The van der Waals surface area contributed by atoms with E-state index >= 15 is 0 Å². The maximum atomic E-state index is 13.2. The van der Waals surface area contributed by atoms with E-state index in [9.17, 15) is 34.5 Å². The van der Waals surface area contributed by atoms with Crippen LogP contribution in [0.15, 0.2) is 85.1 Å². The quantitative estimate of drug-likeness (QED) is 0.0228. The number of aliphatic hydroxyl groups is 2. The molecular weight excluding hydrogens is 997 g/mol. The fraction of sp³-hybridized carbons (Fsp3) is 0.731. The van der Waals surface area contributed by atoms with Gasteiger partial charge in [0.25, 0.3) is 0 Å². The third-order valence-corrected chi connectivity index (χ3v) is 13.9. The van der Waals surface area contributed by atoms with E-state index in [1.54, 1.807) is 0 Å². The summed E-state index contributed by atoms with van der Waals surface area (Å²) < 4.78 is 28.4. The number of carbonyl (C=O) groups excluding carboxylic acids is 3. The number of allylic oxidation sites excluding steroid dienone is 14. The maximum absolute atomic E-state index is 13.2. The smallest absolute Gasteiger partial charge is 0.335 e.